The fourth-order valence-electron chi connectivity index (χ4n) is 0.804. The molecule has 1 heteroatoms. The van der Waals surface area contributed by atoms with E-state index in [4.69, 9.17) is 4.42 Å². The van der Waals surface area contributed by atoms with Crippen LogP contribution in [0.2, 0.25) is 0 Å². The Morgan fingerprint density at radius 1 is 1.33 bits per heavy atom. The molecule has 1 heterocycles. The maximum Gasteiger partial charge on any atom is 0.129 e. The minimum Gasteiger partial charge on any atom is -0.465 e. The molecule has 48 valence electrons. The van der Waals surface area contributed by atoms with Crippen LogP contribution in [0.25, 0.3) is 12.2 Å². The molecule has 0 fully saturated rings. The molecule has 0 aromatic carbocycles. The molecular weight excluding hydrogens is 112 g/mol. The molecule has 0 aliphatic rings. The first kappa shape index (κ1) is 6.14. The Morgan fingerprint density at radius 3 is 2.56 bits per heavy atom. The van der Waals surface area contributed by atoms with Gasteiger partial charge in [-0.2, -0.15) is 0 Å². The minimum atomic E-state index is 0.956. The second-order valence-electron chi connectivity index (χ2n) is 1.82. The van der Waals surface area contributed by atoms with Gasteiger partial charge in [0.2, 0.25) is 0 Å². The zero-order valence-electron chi connectivity index (χ0n) is 5.72. The first-order valence-corrected chi connectivity index (χ1v) is 3.04. The molecule has 0 spiro atoms. The van der Waals surface area contributed by atoms with Crippen molar-refractivity contribution < 1.29 is 4.42 Å². The summed E-state index contributed by atoms with van der Waals surface area (Å²) in [4.78, 5) is 0. The molecule has 0 saturated carbocycles. The van der Waals surface area contributed by atoms with Crippen molar-refractivity contribution in [2.75, 3.05) is 0 Å². The summed E-state index contributed by atoms with van der Waals surface area (Å²) >= 11 is 0. The lowest BCUT2D eigenvalue weighted by Crippen LogP contribution is -2.17. The largest absolute Gasteiger partial charge is 0.465 e. The molecule has 0 amide bonds. The Balaban J connectivity index is 3.50. The van der Waals surface area contributed by atoms with Gasteiger partial charge in [0.15, 0.2) is 0 Å². The molecular formula is C8H10O. The van der Waals surface area contributed by atoms with Crippen molar-refractivity contribution in [1.82, 2.24) is 0 Å². The van der Waals surface area contributed by atoms with Crippen molar-refractivity contribution in [2.45, 2.75) is 13.8 Å². The maximum absolute atomic E-state index is 5.12. The summed E-state index contributed by atoms with van der Waals surface area (Å²) in [7, 11) is 0. The summed E-state index contributed by atoms with van der Waals surface area (Å²) in [5, 5.41) is 1.16. The molecule has 1 rings (SSSR count). The monoisotopic (exact) mass is 122 g/mol. The van der Waals surface area contributed by atoms with Gasteiger partial charge in [0, 0.05) is 5.22 Å². The minimum absolute atomic E-state index is 0.956. The van der Waals surface area contributed by atoms with E-state index < -0.39 is 0 Å². The van der Waals surface area contributed by atoms with Crippen LogP contribution in [0.5, 0.6) is 0 Å². The predicted octanol–water partition coefficient (Wildman–Crippen LogP) is 0.880. The van der Waals surface area contributed by atoms with Gasteiger partial charge in [-0.15, -0.1) is 0 Å². The Kier molecular flexibility index (Phi) is 1.73. The third-order valence-electron chi connectivity index (χ3n) is 1.30. The first-order chi connectivity index (χ1) is 4.38. The van der Waals surface area contributed by atoms with Gasteiger partial charge in [0.05, 0.1) is 6.26 Å². The summed E-state index contributed by atoms with van der Waals surface area (Å²) in [6, 6.07) is 1.95. The van der Waals surface area contributed by atoms with Crippen molar-refractivity contribution >= 4 is 12.2 Å². The van der Waals surface area contributed by atoms with Gasteiger partial charge in [0.25, 0.3) is 0 Å². The van der Waals surface area contributed by atoms with E-state index in [0.717, 1.165) is 10.6 Å². The van der Waals surface area contributed by atoms with E-state index in [0.29, 0.717) is 0 Å². The van der Waals surface area contributed by atoms with Crippen molar-refractivity contribution in [3.63, 3.8) is 0 Å². The van der Waals surface area contributed by atoms with Gasteiger partial charge < -0.3 is 4.42 Å². The molecule has 1 aromatic rings. The van der Waals surface area contributed by atoms with Gasteiger partial charge in [-0.05, 0) is 26.0 Å². The Labute approximate surface area is 54.3 Å². The summed E-state index contributed by atoms with van der Waals surface area (Å²) < 4.78 is 5.12. The molecule has 0 atom stereocenters. The smallest absolute Gasteiger partial charge is 0.129 e. The fraction of sp³-hybridized carbons (Fsp3) is 0.250. The van der Waals surface area contributed by atoms with E-state index in [1.807, 2.05) is 32.1 Å². The highest BCUT2D eigenvalue weighted by Gasteiger charge is 1.81. The third kappa shape index (κ3) is 1.04. The van der Waals surface area contributed by atoms with E-state index in [-0.39, 0.29) is 0 Å². The van der Waals surface area contributed by atoms with E-state index in [2.05, 4.69) is 0 Å². The van der Waals surface area contributed by atoms with Crippen LogP contribution in [0.3, 0.4) is 0 Å². The Bertz CT molecular complexity index is 251. The molecule has 9 heavy (non-hydrogen) atoms. The van der Waals surface area contributed by atoms with Crippen LogP contribution in [0.4, 0.5) is 0 Å². The molecule has 0 bridgehead atoms. The van der Waals surface area contributed by atoms with Gasteiger partial charge in [0.1, 0.15) is 5.42 Å². The summed E-state index contributed by atoms with van der Waals surface area (Å²) in [5.41, 5.74) is 0.956. The van der Waals surface area contributed by atoms with Gasteiger partial charge >= 0.3 is 0 Å². The molecule has 0 unspecified atom stereocenters. The Hall–Kier alpha value is -0.980. The highest BCUT2D eigenvalue weighted by atomic mass is 16.3. The van der Waals surface area contributed by atoms with Crippen LogP contribution in [0.15, 0.2) is 16.7 Å². The normalized spacial score (nSPS) is 14.9. The van der Waals surface area contributed by atoms with E-state index in [1.165, 1.54) is 0 Å². The average molecular weight is 122 g/mol. The maximum atomic E-state index is 5.12. The van der Waals surface area contributed by atoms with E-state index >= 15 is 0 Å². The first-order valence-electron chi connectivity index (χ1n) is 3.04. The van der Waals surface area contributed by atoms with E-state index in [9.17, 15) is 0 Å². The lowest BCUT2D eigenvalue weighted by atomic mass is 10.4. The summed E-state index contributed by atoms with van der Waals surface area (Å²) in [5.74, 6) is 0. The van der Waals surface area contributed by atoms with Crippen molar-refractivity contribution in [3.8, 4) is 0 Å². The molecule has 0 aliphatic carbocycles. The lowest BCUT2D eigenvalue weighted by Gasteiger charge is -1.71. The topological polar surface area (TPSA) is 13.1 Å². The van der Waals surface area contributed by atoms with Gasteiger partial charge in [-0.25, -0.2) is 0 Å². The number of hydrogen-bond acceptors (Lipinski definition) is 1. The average Bonchev–Trinajstić information content (AvgIpc) is 2.33. The SMILES string of the molecule is C/C=c1/cco/c1=C/C. The van der Waals surface area contributed by atoms with Gasteiger partial charge in [-0.1, -0.05) is 6.08 Å². The number of rotatable bonds is 0. The molecule has 1 aromatic heterocycles. The third-order valence-corrected chi connectivity index (χ3v) is 1.30. The quantitative estimate of drug-likeness (QED) is 0.498. The lowest BCUT2D eigenvalue weighted by molar-refractivity contribution is 0.530. The molecule has 0 saturated heterocycles. The van der Waals surface area contributed by atoms with E-state index in [1.54, 1.807) is 6.26 Å². The summed E-state index contributed by atoms with van der Waals surface area (Å²) in [6.07, 6.45) is 5.68. The van der Waals surface area contributed by atoms with Crippen molar-refractivity contribution in [2.24, 2.45) is 0 Å². The number of furan rings is 1. The molecule has 0 N–H and O–H groups in total. The fourth-order valence-corrected chi connectivity index (χ4v) is 0.804. The standard InChI is InChI=1S/C8H10O/c1-3-7-5-6-9-8(7)4-2/h3-6H,1-2H3/b7-3-,8-4+. The van der Waals surface area contributed by atoms with Crippen LogP contribution in [-0.2, 0) is 0 Å². The molecule has 0 radical (unpaired) electrons. The van der Waals surface area contributed by atoms with Crippen LogP contribution in [-0.4, -0.2) is 0 Å². The molecule has 1 nitrogen and oxygen atoms in total. The van der Waals surface area contributed by atoms with Crippen LogP contribution in [0, 0.1) is 0 Å². The zero-order chi connectivity index (χ0) is 6.69. The van der Waals surface area contributed by atoms with Crippen LogP contribution in [0.1, 0.15) is 13.8 Å². The van der Waals surface area contributed by atoms with Crippen molar-refractivity contribution in [1.29, 1.82) is 0 Å². The zero-order valence-corrected chi connectivity index (χ0v) is 5.72. The van der Waals surface area contributed by atoms with Crippen LogP contribution < -0.4 is 10.6 Å². The predicted molar refractivity (Wildman–Crippen MR) is 38.2 cm³/mol. The van der Waals surface area contributed by atoms with Gasteiger partial charge in [-0.3, -0.25) is 0 Å². The second-order valence-corrected chi connectivity index (χ2v) is 1.82. The highest BCUT2D eigenvalue weighted by molar-refractivity contribution is 5.23. The summed E-state index contributed by atoms with van der Waals surface area (Å²) in [6.45, 7) is 3.96. The molecule has 0 aliphatic heterocycles. The highest BCUT2D eigenvalue weighted by Crippen LogP contribution is 1.69. The number of hydrogen-bond donors (Lipinski definition) is 0. The second kappa shape index (κ2) is 2.53. The Morgan fingerprint density at radius 2 is 2.11 bits per heavy atom. The van der Waals surface area contributed by atoms with Crippen LogP contribution >= 0.6 is 0 Å². The van der Waals surface area contributed by atoms with Crippen molar-refractivity contribution in [3.05, 3.63) is 23.0 Å².